The predicted octanol–water partition coefficient (Wildman–Crippen LogP) is 0.949. The third-order valence-corrected chi connectivity index (χ3v) is 1.83. The lowest BCUT2D eigenvalue weighted by Crippen LogP contribution is -2.45. The molecule has 0 aromatic carbocycles. The maximum Gasteiger partial charge on any atom is 0.326 e. The molecular weight excluding hydrogens is 184 g/mol. The first-order chi connectivity index (χ1) is 6.61. The molecule has 0 rings (SSSR count). The molecule has 0 aliphatic carbocycles. The number of hydrogen-bond donors (Lipinski definition) is 3. The maximum atomic E-state index is 11.1. The van der Waals surface area contributed by atoms with Crippen LogP contribution in [0.4, 0.5) is 4.79 Å². The molecule has 0 saturated heterocycles. The van der Waals surface area contributed by atoms with Crippen molar-refractivity contribution >= 4 is 12.0 Å². The Bertz CT molecular complexity index is 194. The first-order valence-electron chi connectivity index (χ1n) is 4.89. The Kier molecular flexibility index (Phi) is 6.53. The predicted molar refractivity (Wildman–Crippen MR) is 53.2 cm³/mol. The summed E-state index contributed by atoms with van der Waals surface area (Å²) in [5, 5.41) is 13.6. The number of hydrogen-bond acceptors (Lipinski definition) is 2. The van der Waals surface area contributed by atoms with Crippen LogP contribution in [-0.2, 0) is 4.79 Å². The Labute approximate surface area is 83.9 Å². The van der Waals surface area contributed by atoms with E-state index in [2.05, 4.69) is 10.6 Å². The molecule has 2 amide bonds. The van der Waals surface area contributed by atoms with Gasteiger partial charge < -0.3 is 15.7 Å². The number of urea groups is 1. The van der Waals surface area contributed by atoms with Gasteiger partial charge in [0.25, 0.3) is 0 Å². The third kappa shape index (κ3) is 5.40. The number of carbonyl (C=O) groups excluding carboxylic acids is 1. The molecule has 5 heteroatoms. The molecular formula is C9H18N2O3. The lowest BCUT2D eigenvalue weighted by molar-refractivity contribution is -0.139. The van der Waals surface area contributed by atoms with Gasteiger partial charge in [-0.3, -0.25) is 0 Å². The molecule has 0 fully saturated rings. The highest BCUT2D eigenvalue weighted by atomic mass is 16.4. The standard InChI is InChI=1S/C9H18N2O3/c1-3-5-6-10-9(14)11-7(4-2)8(12)13/h7H,3-6H2,1-2H3,(H,12,13)(H2,10,11,14)/t7-/m0/s1. The van der Waals surface area contributed by atoms with Gasteiger partial charge in [-0.2, -0.15) is 0 Å². The fourth-order valence-corrected chi connectivity index (χ4v) is 0.926. The number of rotatable bonds is 6. The lowest BCUT2D eigenvalue weighted by atomic mass is 10.2. The molecule has 0 unspecified atom stereocenters. The second-order valence-corrected chi connectivity index (χ2v) is 3.05. The van der Waals surface area contributed by atoms with Gasteiger partial charge in [-0.1, -0.05) is 20.3 Å². The Balaban J connectivity index is 3.74. The van der Waals surface area contributed by atoms with Crippen molar-refractivity contribution in [2.45, 2.75) is 39.2 Å². The van der Waals surface area contributed by atoms with Crippen molar-refractivity contribution in [1.82, 2.24) is 10.6 Å². The van der Waals surface area contributed by atoms with Crippen molar-refractivity contribution in [2.24, 2.45) is 0 Å². The molecule has 0 aliphatic rings. The van der Waals surface area contributed by atoms with Gasteiger partial charge in [-0.25, -0.2) is 9.59 Å². The summed E-state index contributed by atoms with van der Waals surface area (Å²) in [7, 11) is 0. The number of unbranched alkanes of at least 4 members (excludes halogenated alkanes) is 1. The SMILES string of the molecule is CCCCNC(=O)N[C@@H](CC)C(=O)O. The van der Waals surface area contributed by atoms with Crippen LogP contribution in [0.5, 0.6) is 0 Å². The number of aliphatic carboxylic acids is 1. The summed E-state index contributed by atoms with van der Waals surface area (Å²) in [4.78, 5) is 21.7. The van der Waals surface area contributed by atoms with Crippen molar-refractivity contribution in [1.29, 1.82) is 0 Å². The summed E-state index contributed by atoms with van der Waals surface area (Å²) >= 11 is 0. The average molecular weight is 202 g/mol. The van der Waals surface area contributed by atoms with Crippen LogP contribution in [0.3, 0.4) is 0 Å². The maximum absolute atomic E-state index is 11.1. The molecule has 3 N–H and O–H groups in total. The first kappa shape index (κ1) is 12.7. The molecule has 0 saturated carbocycles. The highest BCUT2D eigenvalue weighted by Crippen LogP contribution is 1.90. The quantitative estimate of drug-likeness (QED) is 0.561. The number of carboxylic acids is 1. The van der Waals surface area contributed by atoms with Gasteiger partial charge in [-0.05, 0) is 12.8 Å². The van der Waals surface area contributed by atoms with Gasteiger partial charge >= 0.3 is 12.0 Å². The van der Waals surface area contributed by atoms with Gasteiger partial charge in [-0.15, -0.1) is 0 Å². The Hall–Kier alpha value is -1.26. The minimum absolute atomic E-state index is 0.385. The normalized spacial score (nSPS) is 11.9. The van der Waals surface area contributed by atoms with Crippen molar-refractivity contribution < 1.29 is 14.7 Å². The van der Waals surface area contributed by atoms with E-state index in [4.69, 9.17) is 5.11 Å². The van der Waals surface area contributed by atoms with Crippen LogP contribution in [0.25, 0.3) is 0 Å². The van der Waals surface area contributed by atoms with E-state index in [1.807, 2.05) is 6.92 Å². The molecule has 0 radical (unpaired) electrons. The smallest absolute Gasteiger partial charge is 0.326 e. The van der Waals surface area contributed by atoms with E-state index < -0.39 is 18.0 Å². The fourth-order valence-electron chi connectivity index (χ4n) is 0.926. The third-order valence-electron chi connectivity index (χ3n) is 1.83. The highest BCUT2D eigenvalue weighted by Gasteiger charge is 2.16. The highest BCUT2D eigenvalue weighted by molar-refractivity contribution is 5.82. The van der Waals surface area contributed by atoms with Crippen LogP contribution in [-0.4, -0.2) is 29.7 Å². The Morgan fingerprint density at radius 1 is 1.36 bits per heavy atom. The first-order valence-corrected chi connectivity index (χ1v) is 4.89. The largest absolute Gasteiger partial charge is 0.480 e. The van der Waals surface area contributed by atoms with Gasteiger partial charge in [0, 0.05) is 6.54 Å². The zero-order valence-electron chi connectivity index (χ0n) is 8.67. The number of carbonyl (C=O) groups is 2. The summed E-state index contributed by atoms with van der Waals surface area (Å²) in [6, 6.07) is -1.20. The second-order valence-electron chi connectivity index (χ2n) is 3.05. The van der Waals surface area contributed by atoms with Crippen LogP contribution in [0.2, 0.25) is 0 Å². The minimum Gasteiger partial charge on any atom is -0.480 e. The molecule has 1 atom stereocenters. The number of amides is 2. The zero-order valence-corrected chi connectivity index (χ0v) is 8.67. The second kappa shape index (κ2) is 7.17. The van der Waals surface area contributed by atoms with Crippen molar-refractivity contribution in [3.8, 4) is 0 Å². The van der Waals surface area contributed by atoms with E-state index >= 15 is 0 Å². The molecule has 14 heavy (non-hydrogen) atoms. The summed E-state index contributed by atoms with van der Waals surface area (Å²) in [5.74, 6) is -1.00. The monoisotopic (exact) mass is 202 g/mol. The molecule has 0 bridgehead atoms. The lowest BCUT2D eigenvalue weighted by Gasteiger charge is -2.12. The van der Waals surface area contributed by atoms with Crippen molar-refractivity contribution in [3.63, 3.8) is 0 Å². The Morgan fingerprint density at radius 3 is 2.43 bits per heavy atom. The summed E-state index contributed by atoms with van der Waals surface area (Å²) in [6.45, 7) is 4.31. The summed E-state index contributed by atoms with van der Waals surface area (Å²) in [6.07, 6.45) is 2.28. The van der Waals surface area contributed by atoms with Crippen molar-refractivity contribution in [2.75, 3.05) is 6.54 Å². The van der Waals surface area contributed by atoms with E-state index in [1.54, 1.807) is 6.92 Å². The molecule has 0 aromatic heterocycles. The van der Waals surface area contributed by atoms with E-state index in [9.17, 15) is 9.59 Å². The molecule has 0 heterocycles. The molecule has 82 valence electrons. The summed E-state index contributed by atoms with van der Waals surface area (Å²) in [5.41, 5.74) is 0. The van der Waals surface area contributed by atoms with E-state index in [0.717, 1.165) is 12.8 Å². The van der Waals surface area contributed by atoms with Gasteiger partial charge in [0.1, 0.15) is 6.04 Å². The molecule has 0 spiro atoms. The van der Waals surface area contributed by atoms with E-state index in [-0.39, 0.29) is 0 Å². The van der Waals surface area contributed by atoms with Gasteiger partial charge in [0.05, 0.1) is 0 Å². The topological polar surface area (TPSA) is 78.4 Å². The Morgan fingerprint density at radius 2 is 2.00 bits per heavy atom. The molecule has 5 nitrogen and oxygen atoms in total. The molecule has 0 aliphatic heterocycles. The number of nitrogens with one attached hydrogen (secondary N) is 2. The van der Waals surface area contributed by atoms with Crippen LogP contribution in [0, 0.1) is 0 Å². The van der Waals surface area contributed by atoms with Crippen LogP contribution in [0.15, 0.2) is 0 Å². The van der Waals surface area contributed by atoms with Crippen molar-refractivity contribution in [3.05, 3.63) is 0 Å². The van der Waals surface area contributed by atoms with E-state index in [0.29, 0.717) is 13.0 Å². The van der Waals surface area contributed by atoms with E-state index in [1.165, 1.54) is 0 Å². The minimum atomic E-state index is -1.00. The zero-order chi connectivity index (χ0) is 11.0. The average Bonchev–Trinajstić information content (AvgIpc) is 2.14. The van der Waals surface area contributed by atoms with Crippen LogP contribution in [0.1, 0.15) is 33.1 Å². The molecule has 0 aromatic rings. The fraction of sp³-hybridized carbons (Fsp3) is 0.778. The summed E-state index contributed by atoms with van der Waals surface area (Å²) < 4.78 is 0. The number of carboxylic acid groups (broad SMARTS) is 1. The van der Waals surface area contributed by atoms with Crippen LogP contribution < -0.4 is 10.6 Å². The van der Waals surface area contributed by atoms with Gasteiger partial charge in [0.2, 0.25) is 0 Å². The van der Waals surface area contributed by atoms with Gasteiger partial charge in [0.15, 0.2) is 0 Å². The van der Waals surface area contributed by atoms with Crippen LogP contribution >= 0.6 is 0 Å².